The SMILES string of the molecule is CC(C1CN(C(=O)OC(C)(C)C)C1)n1cc(N)cn1. The summed E-state index contributed by atoms with van der Waals surface area (Å²) < 4.78 is 7.18. The molecule has 0 aliphatic carbocycles. The van der Waals surface area contributed by atoms with Crippen molar-refractivity contribution >= 4 is 11.8 Å². The van der Waals surface area contributed by atoms with Crippen LogP contribution >= 0.6 is 0 Å². The summed E-state index contributed by atoms with van der Waals surface area (Å²) in [5.41, 5.74) is 5.88. The Hall–Kier alpha value is -1.72. The number of hydrogen-bond donors (Lipinski definition) is 1. The van der Waals surface area contributed by atoms with E-state index in [2.05, 4.69) is 12.0 Å². The number of likely N-dealkylation sites (tertiary alicyclic amines) is 1. The van der Waals surface area contributed by atoms with Crippen LogP contribution in [0.15, 0.2) is 12.4 Å². The van der Waals surface area contributed by atoms with E-state index in [0.717, 1.165) is 0 Å². The van der Waals surface area contributed by atoms with Crippen LogP contribution in [0.2, 0.25) is 0 Å². The molecule has 0 spiro atoms. The summed E-state index contributed by atoms with van der Waals surface area (Å²) >= 11 is 0. The fraction of sp³-hybridized carbons (Fsp3) is 0.692. The van der Waals surface area contributed by atoms with Gasteiger partial charge in [0.25, 0.3) is 0 Å². The fourth-order valence-corrected chi connectivity index (χ4v) is 2.08. The van der Waals surface area contributed by atoms with E-state index in [1.807, 2.05) is 31.6 Å². The van der Waals surface area contributed by atoms with E-state index in [4.69, 9.17) is 10.5 Å². The van der Waals surface area contributed by atoms with Gasteiger partial charge < -0.3 is 15.4 Å². The molecule has 2 rings (SSSR count). The minimum Gasteiger partial charge on any atom is -0.444 e. The second kappa shape index (κ2) is 4.75. The monoisotopic (exact) mass is 266 g/mol. The first-order chi connectivity index (χ1) is 8.76. The molecule has 2 N–H and O–H groups in total. The second-order valence-electron chi connectivity index (χ2n) is 6.14. The third-order valence-electron chi connectivity index (χ3n) is 3.28. The lowest BCUT2D eigenvalue weighted by Gasteiger charge is -2.42. The molecule has 1 unspecified atom stereocenters. The molecule has 0 saturated carbocycles. The maximum absolute atomic E-state index is 11.8. The number of hydrogen-bond acceptors (Lipinski definition) is 4. The number of nitrogens with two attached hydrogens (primary N) is 1. The standard InChI is InChI=1S/C13H22N4O2/c1-9(17-8-11(14)5-15-17)10-6-16(7-10)12(18)19-13(2,3)4/h5,8-10H,6-7,14H2,1-4H3. The van der Waals surface area contributed by atoms with Crippen LogP contribution in [0.3, 0.4) is 0 Å². The van der Waals surface area contributed by atoms with E-state index in [1.54, 1.807) is 11.1 Å². The van der Waals surface area contributed by atoms with Gasteiger partial charge in [0.2, 0.25) is 0 Å². The molecule has 6 heteroatoms. The quantitative estimate of drug-likeness (QED) is 0.887. The molecule has 2 heterocycles. The topological polar surface area (TPSA) is 73.4 Å². The first-order valence-corrected chi connectivity index (χ1v) is 6.54. The third-order valence-corrected chi connectivity index (χ3v) is 3.28. The Morgan fingerprint density at radius 1 is 1.53 bits per heavy atom. The van der Waals surface area contributed by atoms with Gasteiger partial charge in [-0.3, -0.25) is 4.68 Å². The van der Waals surface area contributed by atoms with Crippen molar-refractivity contribution in [3.63, 3.8) is 0 Å². The van der Waals surface area contributed by atoms with Crippen molar-refractivity contribution in [2.45, 2.75) is 39.3 Å². The Morgan fingerprint density at radius 3 is 2.63 bits per heavy atom. The van der Waals surface area contributed by atoms with Gasteiger partial charge in [-0.15, -0.1) is 0 Å². The number of carbonyl (C=O) groups excluding carboxylic acids is 1. The molecule has 1 aliphatic rings. The van der Waals surface area contributed by atoms with Crippen molar-refractivity contribution in [3.05, 3.63) is 12.4 Å². The van der Waals surface area contributed by atoms with Crippen molar-refractivity contribution in [2.75, 3.05) is 18.8 Å². The average molecular weight is 266 g/mol. The summed E-state index contributed by atoms with van der Waals surface area (Å²) in [6.45, 7) is 9.11. The normalized spacial score (nSPS) is 18.0. The zero-order valence-corrected chi connectivity index (χ0v) is 12.0. The Kier molecular flexibility index (Phi) is 3.43. The van der Waals surface area contributed by atoms with Crippen molar-refractivity contribution < 1.29 is 9.53 Å². The summed E-state index contributed by atoms with van der Waals surface area (Å²) in [4.78, 5) is 13.5. The largest absolute Gasteiger partial charge is 0.444 e. The number of amides is 1. The highest BCUT2D eigenvalue weighted by molar-refractivity contribution is 5.69. The summed E-state index contributed by atoms with van der Waals surface area (Å²) in [6.07, 6.45) is 3.22. The Bertz CT molecular complexity index is 457. The maximum atomic E-state index is 11.8. The number of carbonyl (C=O) groups is 1. The van der Waals surface area contributed by atoms with Crippen LogP contribution in [0, 0.1) is 5.92 Å². The van der Waals surface area contributed by atoms with Crippen LogP contribution in [-0.4, -0.2) is 39.5 Å². The van der Waals surface area contributed by atoms with Gasteiger partial charge in [0.1, 0.15) is 5.60 Å². The molecular weight excluding hydrogens is 244 g/mol. The zero-order valence-electron chi connectivity index (χ0n) is 12.0. The molecular formula is C13H22N4O2. The van der Waals surface area contributed by atoms with Crippen LogP contribution in [0.5, 0.6) is 0 Å². The van der Waals surface area contributed by atoms with Crippen LogP contribution < -0.4 is 5.73 Å². The van der Waals surface area contributed by atoms with Gasteiger partial charge in [0, 0.05) is 25.2 Å². The molecule has 1 aromatic rings. The summed E-state index contributed by atoms with van der Waals surface area (Å²) in [5, 5.41) is 4.20. The molecule has 1 saturated heterocycles. The molecule has 0 radical (unpaired) electrons. The van der Waals surface area contributed by atoms with E-state index in [9.17, 15) is 4.79 Å². The van der Waals surface area contributed by atoms with E-state index >= 15 is 0 Å². The molecule has 19 heavy (non-hydrogen) atoms. The van der Waals surface area contributed by atoms with Crippen LogP contribution in [-0.2, 0) is 4.74 Å². The molecule has 0 aromatic carbocycles. The van der Waals surface area contributed by atoms with Gasteiger partial charge >= 0.3 is 6.09 Å². The smallest absolute Gasteiger partial charge is 0.410 e. The number of nitrogens with zero attached hydrogens (tertiary/aromatic N) is 3. The number of ether oxygens (including phenoxy) is 1. The van der Waals surface area contributed by atoms with Crippen molar-refractivity contribution in [3.8, 4) is 0 Å². The van der Waals surface area contributed by atoms with Gasteiger partial charge in [0.05, 0.1) is 17.9 Å². The molecule has 1 fully saturated rings. The van der Waals surface area contributed by atoms with Crippen molar-refractivity contribution in [2.24, 2.45) is 5.92 Å². The highest BCUT2D eigenvalue weighted by atomic mass is 16.6. The van der Waals surface area contributed by atoms with E-state index in [0.29, 0.717) is 24.7 Å². The van der Waals surface area contributed by atoms with Crippen LogP contribution in [0.1, 0.15) is 33.7 Å². The first kappa shape index (κ1) is 13.7. The Morgan fingerprint density at radius 2 is 2.16 bits per heavy atom. The lowest BCUT2D eigenvalue weighted by molar-refractivity contribution is -0.00902. The first-order valence-electron chi connectivity index (χ1n) is 6.54. The molecule has 1 atom stereocenters. The zero-order chi connectivity index (χ0) is 14.2. The third kappa shape index (κ3) is 3.19. The highest BCUT2D eigenvalue weighted by Gasteiger charge is 2.37. The summed E-state index contributed by atoms with van der Waals surface area (Å²) in [6, 6.07) is 0.232. The predicted octanol–water partition coefficient (Wildman–Crippen LogP) is 1.89. The Labute approximate surface area is 113 Å². The number of aromatic nitrogens is 2. The number of nitrogen functional groups attached to an aromatic ring is 1. The molecule has 1 aliphatic heterocycles. The maximum Gasteiger partial charge on any atom is 0.410 e. The molecule has 106 valence electrons. The molecule has 6 nitrogen and oxygen atoms in total. The fourth-order valence-electron chi connectivity index (χ4n) is 2.08. The summed E-state index contributed by atoms with van der Waals surface area (Å²) in [5.74, 6) is 0.395. The number of anilines is 1. The van der Waals surface area contributed by atoms with E-state index in [1.165, 1.54) is 0 Å². The lowest BCUT2D eigenvalue weighted by Crippen LogP contribution is -2.53. The molecule has 1 amide bonds. The van der Waals surface area contributed by atoms with Crippen LogP contribution in [0.25, 0.3) is 0 Å². The van der Waals surface area contributed by atoms with Crippen molar-refractivity contribution in [1.82, 2.24) is 14.7 Å². The second-order valence-corrected chi connectivity index (χ2v) is 6.14. The van der Waals surface area contributed by atoms with Gasteiger partial charge in [-0.2, -0.15) is 5.10 Å². The lowest BCUT2D eigenvalue weighted by atomic mass is 9.93. The molecule has 1 aromatic heterocycles. The summed E-state index contributed by atoms with van der Waals surface area (Å²) in [7, 11) is 0. The number of rotatable bonds is 2. The van der Waals surface area contributed by atoms with Gasteiger partial charge in [-0.25, -0.2) is 4.79 Å². The molecule has 0 bridgehead atoms. The Balaban J connectivity index is 1.84. The average Bonchev–Trinajstić information content (AvgIpc) is 2.59. The van der Waals surface area contributed by atoms with Gasteiger partial charge in [-0.1, -0.05) is 0 Å². The van der Waals surface area contributed by atoms with E-state index in [-0.39, 0.29) is 12.1 Å². The highest BCUT2D eigenvalue weighted by Crippen LogP contribution is 2.28. The minimum atomic E-state index is -0.440. The minimum absolute atomic E-state index is 0.232. The van der Waals surface area contributed by atoms with Crippen LogP contribution in [0.4, 0.5) is 10.5 Å². The van der Waals surface area contributed by atoms with E-state index < -0.39 is 5.60 Å². The van der Waals surface area contributed by atoms with Gasteiger partial charge in [0.15, 0.2) is 0 Å². The predicted molar refractivity (Wildman–Crippen MR) is 72.6 cm³/mol. The van der Waals surface area contributed by atoms with Crippen molar-refractivity contribution in [1.29, 1.82) is 0 Å². The van der Waals surface area contributed by atoms with Gasteiger partial charge in [-0.05, 0) is 27.7 Å².